The van der Waals surface area contributed by atoms with E-state index in [-0.39, 0.29) is 0 Å². The second kappa shape index (κ2) is 6.61. The van der Waals surface area contributed by atoms with E-state index in [9.17, 15) is 17.6 Å². The summed E-state index contributed by atoms with van der Waals surface area (Å²) in [6, 6.07) is 0. The molecule has 0 saturated carbocycles. The van der Waals surface area contributed by atoms with Crippen molar-refractivity contribution in [3.63, 3.8) is 0 Å². The van der Waals surface area contributed by atoms with Crippen molar-refractivity contribution in [1.82, 2.24) is 0 Å². The third-order valence-corrected chi connectivity index (χ3v) is 0. The summed E-state index contributed by atoms with van der Waals surface area (Å²) in [5, 5.41) is 0. The average Bonchev–Trinajstić information content (AvgIpc) is 1.19. The molecule has 0 amide bonds. The summed E-state index contributed by atoms with van der Waals surface area (Å²) in [7, 11) is 0. The van der Waals surface area contributed by atoms with E-state index in [0.29, 0.717) is 0 Å². The molecule has 0 aromatic rings. The van der Waals surface area contributed by atoms with Crippen molar-refractivity contribution in [2.75, 3.05) is 0 Å². The maximum absolute atomic E-state index is 11.0. The minimum atomic E-state index is -2.56. The van der Waals surface area contributed by atoms with Gasteiger partial charge in [0.25, 0.3) is 4.43 Å². The van der Waals surface area contributed by atoms with Crippen LogP contribution < -0.4 is 0 Å². The average molecular weight is 482 g/mol. The number of halogens is 7. The Morgan fingerprint density at radius 3 is 1.11 bits per heavy atom. The molecule has 0 nitrogen and oxygen atoms in total. The smallest absolute Gasteiger partial charge is 0.199 e. The predicted molar refractivity (Wildman–Crippen MR) is 53.0 cm³/mol. The van der Waals surface area contributed by atoms with Crippen LogP contribution in [-0.4, -0.2) is 6.37 Å². The monoisotopic (exact) mass is 482 g/mol. The Morgan fingerprint density at radius 1 is 1.11 bits per heavy atom. The van der Waals surface area contributed by atoms with Crippen molar-refractivity contribution < 1.29 is 17.6 Å². The lowest BCUT2D eigenvalue weighted by atomic mass is 11.7. The fraction of sp³-hybridized carbons (Fsp3) is 1.00. The molecule has 0 unspecified atom stereocenters. The molecule has 0 aliphatic carbocycles. The first kappa shape index (κ1) is 13.5. The van der Waals surface area contributed by atoms with Gasteiger partial charge in [0, 0.05) is 45.2 Å². The van der Waals surface area contributed by atoms with Crippen molar-refractivity contribution >= 4 is 67.8 Å². The minimum absolute atomic E-state index is 1.01. The van der Waals surface area contributed by atoms with Gasteiger partial charge in [0.2, 0.25) is 0 Å². The van der Waals surface area contributed by atoms with Gasteiger partial charge >= 0.3 is 1.94 Å². The molecule has 0 aromatic heterocycles. The van der Waals surface area contributed by atoms with Crippen LogP contribution in [0.3, 0.4) is 0 Å². The highest BCUT2D eigenvalue weighted by Gasteiger charge is 2.14. The Bertz CT molecular complexity index is 50.6. The Kier molecular flexibility index (Phi) is 9.91. The van der Waals surface area contributed by atoms with E-state index < -0.39 is 6.37 Å². The van der Waals surface area contributed by atoms with Gasteiger partial charge in [0.05, 0.1) is 0 Å². The molecule has 0 bridgehead atoms. The van der Waals surface area contributed by atoms with Crippen molar-refractivity contribution in [3.8, 4) is 0 Å². The molecule has 58 valence electrons. The van der Waals surface area contributed by atoms with Crippen LogP contribution in [0.15, 0.2) is 0 Å². The molecule has 0 radical (unpaired) electrons. The van der Waals surface area contributed by atoms with Crippen LogP contribution >= 0.6 is 67.8 Å². The van der Waals surface area contributed by atoms with Crippen LogP contribution in [0.4, 0.5) is 17.6 Å². The van der Waals surface area contributed by atoms with Crippen LogP contribution in [0, 0.1) is 0 Å². The van der Waals surface area contributed by atoms with E-state index in [2.05, 4.69) is 0 Å². The zero-order valence-corrected chi connectivity index (χ0v) is 10.2. The number of rotatable bonds is 0. The zero-order valence-electron chi connectivity index (χ0n) is 3.72. The van der Waals surface area contributed by atoms with Crippen LogP contribution in [0.1, 0.15) is 0 Å². The minimum Gasteiger partial charge on any atom is -0.199 e. The van der Waals surface area contributed by atoms with Crippen molar-refractivity contribution in [3.05, 3.63) is 0 Å². The molecule has 0 fully saturated rings. The van der Waals surface area contributed by atoms with E-state index in [1.165, 1.54) is 0 Å². The number of hydrogen-bond acceptors (Lipinski definition) is 0. The van der Waals surface area contributed by atoms with Crippen molar-refractivity contribution in [1.29, 1.82) is 0 Å². The van der Waals surface area contributed by atoms with E-state index in [1.807, 2.05) is 0 Å². The number of hydrogen-bond donors (Lipinski definition) is 0. The normalized spacial score (nSPS) is 10.7. The predicted octanol–water partition coefficient (Wildman–Crippen LogP) is 4.05. The van der Waals surface area contributed by atoms with Gasteiger partial charge in [-0.2, -0.15) is 17.6 Å². The molecule has 7 heteroatoms. The molecule has 0 heterocycles. The lowest BCUT2D eigenvalue weighted by Gasteiger charge is -1.88. The highest BCUT2D eigenvalue weighted by Crippen LogP contribution is 2.29. The third-order valence-electron chi connectivity index (χ3n) is 0. The second-order valence-corrected chi connectivity index (χ2v) is 6.39. The molecule has 0 saturated heterocycles. The molecule has 0 spiro atoms. The SMILES string of the molecule is FC(F)(I)I.FC(F)I. The van der Waals surface area contributed by atoms with Gasteiger partial charge in [-0.25, -0.2) is 0 Å². The first-order valence-electron chi connectivity index (χ1n) is 1.41. The van der Waals surface area contributed by atoms with E-state index >= 15 is 0 Å². The largest absolute Gasteiger partial charge is 0.345 e. The van der Waals surface area contributed by atoms with Gasteiger partial charge in [-0.3, -0.25) is 0 Å². The molecule has 0 aliphatic heterocycles. The standard InChI is InChI=1S/CF2I2.CHF2I/c2-1(3,4)5;2-1(3)4/h;1H. The van der Waals surface area contributed by atoms with Gasteiger partial charge in [0.15, 0.2) is 0 Å². The maximum Gasteiger partial charge on any atom is 0.345 e. The molecule has 0 N–H and O–H groups in total. The van der Waals surface area contributed by atoms with Gasteiger partial charge in [-0.15, -0.1) is 0 Å². The quantitative estimate of drug-likeness (QED) is 0.278. The van der Waals surface area contributed by atoms with Crippen LogP contribution in [0.2, 0.25) is 0 Å². The summed E-state index contributed by atoms with van der Waals surface area (Å²) in [6.07, 6.45) is 0. The Labute approximate surface area is 90.6 Å². The summed E-state index contributed by atoms with van der Waals surface area (Å²) >= 11 is 3.07. The topological polar surface area (TPSA) is 0 Å². The fourth-order valence-electron chi connectivity index (χ4n) is 0. The first-order valence-corrected chi connectivity index (χ1v) is 4.81. The van der Waals surface area contributed by atoms with Gasteiger partial charge < -0.3 is 0 Å². The Balaban J connectivity index is 0. The van der Waals surface area contributed by atoms with Crippen molar-refractivity contribution in [2.24, 2.45) is 0 Å². The summed E-state index contributed by atoms with van der Waals surface area (Å²) in [6.45, 7) is 0. The highest BCUT2D eigenvalue weighted by atomic mass is 127. The summed E-state index contributed by atoms with van der Waals surface area (Å²) in [5.74, 6) is 0. The molecule has 0 aromatic carbocycles. The van der Waals surface area contributed by atoms with Gasteiger partial charge in [0.1, 0.15) is 0 Å². The highest BCUT2D eigenvalue weighted by molar-refractivity contribution is 14.2. The third kappa shape index (κ3) is 170. The Hall–Kier alpha value is 1.91. The fourth-order valence-corrected chi connectivity index (χ4v) is 0. The molecular formula is C2HF4I3. The van der Waals surface area contributed by atoms with Crippen LogP contribution in [0.5, 0.6) is 0 Å². The summed E-state index contributed by atoms with van der Waals surface area (Å²) < 4.78 is 37.9. The second-order valence-electron chi connectivity index (χ2n) is 0.676. The molecule has 0 aliphatic rings. The maximum atomic E-state index is 11.0. The molecule has 0 rings (SSSR count). The van der Waals surface area contributed by atoms with E-state index in [0.717, 1.165) is 67.8 Å². The molecule has 0 atom stereocenters. The summed E-state index contributed by atoms with van der Waals surface area (Å²) in [5.41, 5.74) is 0. The zero-order chi connectivity index (χ0) is 8.08. The molecule has 9 heavy (non-hydrogen) atoms. The van der Waals surface area contributed by atoms with E-state index in [4.69, 9.17) is 0 Å². The van der Waals surface area contributed by atoms with Crippen LogP contribution in [0.25, 0.3) is 0 Å². The lowest BCUT2D eigenvalue weighted by Crippen LogP contribution is -1.83. The van der Waals surface area contributed by atoms with E-state index in [1.54, 1.807) is 0 Å². The van der Waals surface area contributed by atoms with Gasteiger partial charge in [-0.05, 0) is 22.6 Å². The summed E-state index contributed by atoms with van der Waals surface area (Å²) in [4.78, 5) is 0. The van der Waals surface area contributed by atoms with Crippen molar-refractivity contribution in [2.45, 2.75) is 6.37 Å². The first-order chi connectivity index (χ1) is 3.73. The lowest BCUT2D eigenvalue weighted by molar-refractivity contribution is 0.252. The number of alkyl halides is 7. The molecular weight excluding hydrogens is 481 g/mol. The van der Waals surface area contributed by atoms with Crippen LogP contribution in [-0.2, 0) is 0 Å². The van der Waals surface area contributed by atoms with Gasteiger partial charge in [-0.1, -0.05) is 0 Å². The Morgan fingerprint density at radius 2 is 1.11 bits per heavy atom.